The van der Waals surface area contributed by atoms with Crippen molar-refractivity contribution < 1.29 is 14.0 Å². The number of aromatic nitrogens is 2. The number of carbonyl (C=O) groups is 2. The van der Waals surface area contributed by atoms with E-state index in [0.29, 0.717) is 35.9 Å². The van der Waals surface area contributed by atoms with E-state index >= 15 is 0 Å². The molecule has 1 aromatic heterocycles. The number of fused-ring (bicyclic) bond motifs is 1. The molecule has 168 valence electrons. The number of rotatable bonds is 8. The molecule has 33 heavy (non-hydrogen) atoms. The highest BCUT2D eigenvalue weighted by atomic mass is 35.5. The highest BCUT2D eigenvalue weighted by Crippen LogP contribution is 2.17. The Balaban J connectivity index is 1.43. The Morgan fingerprint density at radius 1 is 0.939 bits per heavy atom. The Kier molecular flexibility index (Phi) is 7.00. The van der Waals surface area contributed by atoms with Crippen LogP contribution in [0, 0.1) is 5.82 Å². The maximum atomic E-state index is 13.1. The predicted molar refractivity (Wildman–Crippen MR) is 125 cm³/mol. The lowest BCUT2D eigenvalue weighted by Crippen LogP contribution is -2.29. The number of nitrogens with zero attached hydrogens (tertiary/aromatic N) is 2. The first-order valence-corrected chi connectivity index (χ1v) is 10.9. The van der Waals surface area contributed by atoms with E-state index in [4.69, 9.17) is 11.6 Å². The number of imidazole rings is 1. The standard InChI is InChI=1S/C25H22ClFN4O2/c26-20-6-2-1-5-19(20)25(33)28-14-13-23-30-21-7-3-4-8-22(21)31(23)16-24(32)29-15-17-9-11-18(27)12-10-17/h1-12H,13-16H2,(H,28,33)(H,29,32). The van der Waals surface area contributed by atoms with E-state index in [1.807, 2.05) is 28.8 Å². The summed E-state index contributed by atoms with van der Waals surface area (Å²) < 4.78 is 14.9. The first-order valence-electron chi connectivity index (χ1n) is 10.5. The van der Waals surface area contributed by atoms with Crippen LogP contribution in [-0.2, 0) is 24.3 Å². The summed E-state index contributed by atoms with van der Waals surface area (Å²) in [5, 5.41) is 6.10. The van der Waals surface area contributed by atoms with Crippen LogP contribution < -0.4 is 10.6 Å². The summed E-state index contributed by atoms with van der Waals surface area (Å²) in [5.74, 6) is -0.0852. The van der Waals surface area contributed by atoms with Gasteiger partial charge in [0.05, 0.1) is 21.6 Å². The molecular formula is C25H22ClFN4O2. The van der Waals surface area contributed by atoms with Gasteiger partial charge in [-0.3, -0.25) is 9.59 Å². The van der Waals surface area contributed by atoms with E-state index in [0.717, 1.165) is 16.6 Å². The van der Waals surface area contributed by atoms with Crippen LogP contribution >= 0.6 is 11.6 Å². The minimum Gasteiger partial charge on any atom is -0.352 e. The lowest BCUT2D eigenvalue weighted by molar-refractivity contribution is -0.121. The lowest BCUT2D eigenvalue weighted by atomic mass is 10.2. The third kappa shape index (κ3) is 5.56. The molecule has 0 aliphatic heterocycles. The molecule has 4 rings (SSSR count). The van der Waals surface area contributed by atoms with Gasteiger partial charge in [0.15, 0.2) is 0 Å². The summed E-state index contributed by atoms with van der Waals surface area (Å²) in [5.41, 5.74) is 2.83. The van der Waals surface area contributed by atoms with Crippen molar-refractivity contribution in [3.63, 3.8) is 0 Å². The zero-order valence-corrected chi connectivity index (χ0v) is 18.5. The predicted octanol–water partition coefficient (Wildman–Crippen LogP) is 4.12. The van der Waals surface area contributed by atoms with E-state index in [1.54, 1.807) is 36.4 Å². The van der Waals surface area contributed by atoms with Crippen LogP contribution in [0.5, 0.6) is 0 Å². The van der Waals surface area contributed by atoms with Gasteiger partial charge in [0.25, 0.3) is 5.91 Å². The maximum Gasteiger partial charge on any atom is 0.252 e. The minimum atomic E-state index is -0.318. The molecule has 2 amide bonds. The average molecular weight is 465 g/mol. The van der Waals surface area contributed by atoms with E-state index in [9.17, 15) is 14.0 Å². The summed E-state index contributed by atoms with van der Waals surface area (Å²) in [6, 6.07) is 20.4. The van der Waals surface area contributed by atoms with Crippen molar-refractivity contribution >= 4 is 34.4 Å². The summed E-state index contributed by atoms with van der Waals surface area (Å²) in [6.45, 7) is 0.717. The molecular weight excluding hydrogens is 443 g/mol. The fraction of sp³-hybridized carbons (Fsp3) is 0.160. The second kappa shape index (κ2) is 10.3. The van der Waals surface area contributed by atoms with Crippen LogP contribution in [0.1, 0.15) is 21.7 Å². The second-order valence-electron chi connectivity index (χ2n) is 7.49. The summed E-state index contributed by atoms with van der Waals surface area (Å²) in [4.78, 5) is 29.7. The summed E-state index contributed by atoms with van der Waals surface area (Å²) in [7, 11) is 0. The highest BCUT2D eigenvalue weighted by Gasteiger charge is 2.15. The zero-order chi connectivity index (χ0) is 23.2. The van der Waals surface area contributed by atoms with E-state index in [2.05, 4.69) is 15.6 Å². The van der Waals surface area contributed by atoms with Gasteiger partial charge in [-0.1, -0.05) is 48.0 Å². The minimum absolute atomic E-state index is 0.0789. The summed E-state index contributed by atoms with van der Waals surface area (Å²) in [6.07, 6.45) is 0.441. The molecule has 0 spiro atoms. The van der Waals surface area contributed by atoms with Crippen molar-refractivity contribution in [3.05, 3.63) is 101 Å². The van der Waals surface area contributed by atoms with Crippen molar-refractivity contribution in [2.75, 3.05) is 6.54 Å². The van der Waals surface area contributed by atoms with Crippen molar-refractivity contribution in [1.82, 2.24) is 20.2 Å². The smallest absolute Gasteiger partial charge is 0.252 e. The summed E-state index contributed by atoms with van der Waals surface area (Å²) >= 11 is 6.09. The number of nitrogens with one attached hydrogen (secondary N) is 2. The van der Waals surface area contributed by atoms with Gasteiger partial charge in [-0.05, 0) is 42.0 Å². The Labute approximate surface area is 195 Å². The third-order valence-electron chi connectivity index (χ3n) is 5.19. The van der Waals surface area contributed by atoms with Crippen LogP contribution in [0.3, 0.4) is 0 Å². The molecule has 4 aromatic rings. The fourth-order valence-electron chi connectivity index (χ4n) is 3.52. The van der Waals surface area contributed by atoms with Gasteiger partial charge in [0, 0.05) is 19.5 Å². The molecule has 3 aromatic carbocycles. The molecule has 0 fully saturated rings. The molecule has 8 heteroatoms. The molecule has 0 aliphatic carbocycles. The number of hydrogen-bond acceptors (Lipinski definition) is 3. The van der Waals surface area contributed by atoms with Crippen LogP contribution in [-0.4, -0.2) is 27.9 Å². The van der Waals surface area contributed by atoms with Gasteiger partial charge in [0.1, 0.15) is 18.2 Å². The first-order chi connectivity index (χ1) is 16.0. The molecule has 0 atom stereocenters. The van der Waals surface area contributed by atoms with Gasteiger partial charge in [-0.2, -0.15) is 0 Å². The highest BCUT2D eigenvalue weighted by molar-refractivity contribution is 6.33. The van der Waals surface area contributed by atoms with E-state index in [-0.39, 0.29) is 24.2 Å². The largest absolute Gasteiger partial charge is 0.352 e. The Morgan fingerprint density at radius 3 is 2.45 bits per heavy atom. The molecule has 0 unspecified atom stereocenters. The second-order valence-corrected chi connectivity index (χ2v) is 7.90. The van der Waals surface area contributed by atoms with Crippen molar-refractivity contribution in [2.24, 2.45) is 0 Å². The molecule has 0 aliphatic rings. The first kappa shape index (κ1) is 22.5. The fourth-order valence-corrected chi connectivity index (χ4v) is 3.75. The molecule has 0 bridgehead atoms. The monoisotopic (exact) mass is 464 g/mol. The average Bonchev–Trinajstić information content (AvgIpc) is 3.16. The molecule has 0 saturated carbocycles. The van der Waals surface area contributed by atoms with Crippen LogP contribution in [0.2, 0.25) is 5.02 Å². The number of halogens is 2. The quantitative estimate of drug-likeness (QED) is 0.412. The van der Waals surface area contributed by atoms with Gasteiger partial charge >= 0.3 is 0 Å². The third-order valence-corrected chi connectivity index (χ3v) is 5.52. The maximum absolute atomic E-state index is 13.1. The molecule has 0 radical (unpaired) electrons. The van der Waals surface area contributed by atoms with Crippen molar-refractivity contribution in [1.29, 1.82) is 0 Å². The van der Waals surface area contributed by atoms with Gasteiger partial charge in [0.2, 0.25) is 5.91 Å². The SMILES string of the molecule is O=C(Cn1c(CCNC(=O)c2ccccc2Cl)nc2ccccc21)NCc1ccc(F)cc1. The Hall–Kier alpha value is -3.71. The van der Waals surface area contributed by atoms with Crippen molar-refractivity contribution in [2.45, 2.75) is 19.5 Å². The number of hydrogen-bond donors (Lipinski definition) is 2. The number of carbonyl (C=O) groups excluding carboxylic acids is 2. The van der Waals surface area contributed by atoms with Gasteiger partial charge < -0.3 is 15.2 Å². The van der Waals surface area contributed by atoms with E-state index < -0.39 is 0 Å². The van der Waals surface area contributed by atoms with E-state index in [1.165, 1.54) is 12.1 Å². The molecule has 1 heterocycles. The molecule has 0 saturated heterocycles. The normalized spacial score (nSPS) is 10.8. The Bertz CT molecular complexity index is 1290. The van der Waals surface area contributed by atoms with Crippen molar-refractivity contribution in [3.8, 4) is 0 Å². The topological polar surface area (TPSA) is 76.0 Å². The number of amides is 2. The van der Waals surface area contributed by atoms with Crippen LogP contribution in [0.4, 0.5) is 4.39 Å². The van der Waals surface area contributed by atoms with Crippen LogP contribution in [0.15, 0.2) is 72.8 Å². The van der Waals surface area contributed by atoms with Crippen LogP contribution in [0.25, 0.3) is 11.0 Å². The number of para-hydroxylation sites is 2. The van der Waals surface area contributed by atoms with Gasteiger partial charge in [-0.25, -0.2) is 9.37 Å². The van der Waals surface area contributed by atoms with Gasteiger partial charge in [-0.15, -0.1) is 0 Å². The number of benzene rings is 3. The zero-order valence-electron chi connectivity index (χ0n) is 17.7. The lowest BCUT2D eigenvalue weighted by Gasteiger charge is -2.11. The molecule has 2 N–H and O–H groups in total. The molecule has 6 nitrogen and oxygen atoms in total. The Morgan fingerprint density at radius 2 is 1.67 bits per heavy atom.